The molecule has 0 saturated carbocycles. The lowest BCUT2D eigenvalue weighted by molar-refractivity contribution is 0.139. The number of hydrogen-bond acceptors (Lipinski definition) is 4. The fourth-order valence-corrected chi connectivity index (χ4v) is 4.22. The standard InChI is InChI=1S/C19H29FN4OS.HI/c1-21-19(22-12-16-11-17(20)3-4-18(16)26-2)24-8-6-23(7-9-24)13-15-5-10-25-14-15;/h3-4,11,15H,5-10,12-14H2,1-2H3,(H,21,22);1H. The molecule has 2 saturated heterocycles. The van der Waals surface area contributed by atoms with Crippen LogP contribution in [0.4, 0.5) is 4.39 Å². The van der Waals surface area contributed by atoms with Gasteiger partial charge in [0.05, 0.1) is 6.61 Å². The Morgan fingerprint density at radius 3 is 2.74 bits per heavy atom. The van der Waals surface area contributed by atoms with Crippen LogP contribution < -0.4 is 5.32 Å². The van der Waals surface area contributed by atoms with E-state index in [0.29, 0.717) is 12.5 Å². The smallest absolute Gasteiger partial charge is 0.194 e. The first-order chi connectivity index (χ1) is 12.7. The van der Waals surface area contributed by atoms with Crippen LogP contribution >= 0.6 is 35.7 Å². The normalized spacial score (nSPS) is 21.2. The van der Waals surface area contributed by atoms with E-state index in [1.54, 1.807) is 17.8 Å². The molecule has 0 spiro atoms. The van der Waals surface area contributed by atoms with Gasteiger partial charge in [0, 0.05) is 57.8 Å². The van der Waals surface area contributed by atoms with Crippen LogP contribution in [-0.4, -0.2) is 75.0 Å². The third-order valence-corrected chi connectivity index (χ3v) is 5.94. The number of rotatable bonds is 5. The van der Waals surface area contributed by atoms with Gasteiger partial charge in [0.2, 0.25) is 0 Å². The number of thioether (sulfide) groups is 1. The van der Waals surface area contributed by atoms with E-state index in [0.717, 1.165) is 62.4 Å². The maximum Gasteiger partial charge on any atom is 0.194 e. The van der Waals surface area contributed by atoms with Gasteiger partial charge in [0.1, 0.15) is 5.82 Å². The molecule has 1 atom stereocenters. The number of aliphatic imine (C=N–C) groups is 1. The summed E-state index contributed by atoms with van der Waals surface area (Å²) in [6.45, 7) is 7.58. The molecule has 2 fully saturated rings. The Hall–Kier alpha value is -0.580. The molecule has 0 aromatic heterocycles. The lowest BCUT2D eigenvalue weighted by Gasteiger charge is -2.37. The Morgan fingerprint density at radius 1 is 1.33 bits per heavy atom. The van der Waals surface area contributed by atoms with E-state index >= 15 is 0 Å². The van der Waals surface area contributed by atoms with Gasteiger partial charge in [-0.15, -0.1) is 35.7 Å². The molecule has 1 N–H and O–H groups in total. The van der Waals surface area contributed by atoms with Gasteiger partial charge in [-0.2, -0.15) is 0 Å². The van der Waals surface area contributed by atoms with E-state index in [-0.39, 0.29) is 29.8 Å². The first-order valence-electron chi connectivity index (χ1n) is 9.27. The zero-order chi connectivity index (χ0) is 18.4. The zero-order valence-corrected chi connectivity index (χ0v) is 19.3. The highest BCUT2D eigenvalue weighted by Gasteiger charge is 2.24. The van der Waals surface area contributed by atoms with Crippen LogP contribution in [0, 0.1) is 11.7 Å². The molecule has 2 aliphatic heterocycles. The minimum atomic E-state index is -0.195. The Morgan fingerprint density at radius 2 is 2.11 bits per heavy atom. The number of guanidine groups is 1. The molecular weight excluding hydrogens is 478 g/mol. The highest BCUT2D eigenvalue weighted by Crippen LogP contribution is 2.21. The molecule has 0 aliphatic carbocycles. The summed E-state index contributed by atoms with van der Waals surface area (Å²) in [5.41, 5.74) is 0.971. The second-order valence-corrected chi connectivity index (χ2v) is 7.72. The third-order valence-electron chi connectivity index (χ3n) is 5.10. The monoisotopic (exact) mass is 508 g/mol. The number of nitrogens with zero attached hydrogens (tertiary/aromatic N) is 3. The molecule has 1 aromatic carbocycles. The Bertz CT molecular complexity index is 620. The van der Waals surface area contributed by atoms with Crippen molar-refractivity contribution in [2.45, 2.75) is 17.9 Å². The summed E-state index contributed by atoms with van der Waals surface area (Å²) < 4.78 is 19.0. The topological polar surface area (TPSA) is 40.1 Å². The van der Waals surface area contributed by atoms with Crippen molar-refractivity contribution in [2.24, 2.45) is 10.9 Å². The Kier molecular flexibility index (Phi) is 9.61. The number of ether oxygens (including phenoxy) is 1. The summed E-state index contributed by atoms with van der Waals surface area (Å²) in [4.78, 5) is 10.3. The molecular formula is C19H30FIN4OS. The number of nitrogens with one attached hydrogen (secondary N) is 1. The van der Waals surface area contributed by atoms with Crippen molar-refractivity contribution < 1.29 is 9.13 Å². The first kappa shape index (κ1) is 22.7. The van der Waals surface area contributed by atoms with Gasteiger partial charge in [-0.25, -0.2) is 4.39 Å². The predicted molar refractivity (Wildman–Crippen MR) is 121 cm³/mol. The molecule has 2 aliphatic rings. The minimum Gasteiger partial charge on any atom is -0.381 e. The molecule has 1 unspecified atom stereocenters. The van der Waals surface area contributed by atoms with Gasteiger partial charge in [-0.1, -0.05) is 0 Å². The van der Waals surface area contributed by atoms with Crippen molar-refractivity contribution in [1.82, 2.24) is 15.1 Å². The van der Waals surface area contributed by atoms with Crippen molar-refractivity contribution in [3.8, 4) is 0 Å². The van der Waals surface area contributed by atoms with Gasteiger partial charge in [0.25, 0.3) is 0 Å². The third kappa shape index (κ3) is 6.47. The summed E-state index contributed by atoms with van der Waals surface area (Å²) >= 11 is 1.64. The maximum absolute atomic E-state index is 13.6. The number of benzene rings is 1. The van der Waals surface area contributed by atoms with Crippen LogP contribution in [0.25, 0.3) is 0 Å². The number of hydrogen-bond donors (Lipinski definition) is 1. The summed E-state index contributed by atoms with van der Waals surface area (Å²) in [6.07, 6.45) is 3.20. The molecule has 8 heteroatoms. The van der Waals surface area contributed by atoms with Gasteiger partial charge >= 0.3 is 0 Å². The fraction of sp³-hybridized carbons (Fsp3) is 0.632. The van der Waals surface area contributed by atoms with Gasteiger partial charge in [-0.3, -0.25) is 9.89 Å². The molecule has 0 radical (unpaired) electrons. The molecule has 27 heavy (non-hydrogen) atoms. The fourth-order valence-electron chi connectivity index (χ4n) is 3.63. The average molecular weight is 508 g/mol. The van der Waals surface area contributed by atoms with Crippen molar-refractivity contribution >= 4 is 41.7 Å². The second kappa shape index (κ2) is 11.4. The van der Waals surface area contributed by atoms with Gasteiger partial charge < -0.3 is 15.0 Å². The molecule has 3 rings (SSSR count). The van der Waals surface area contributed by atoms with Gasteiger partial charge in [-0.05, 0) is 42.4 Å². The largest absolute Gasteiger partial charge is 0.381 e. The number of piperazine rings is 1. The highest BCUT2D eigenvalue weighted by atomic mass is 127. The lowest BCUT2D eigenvalue weighted by Crippen LogP contribution is -2.53. The van der Waals surface area contributed by atoms with Crippen molar-refractivity contribution in [3.63, 3.8) is 0 Å². The van der Waals surface area contributed by atoms with E-state index in [2.05, 4.69) is 20.1 Å². The quantitative estimate of drug-likeness (QED) is 0.287. The number of halogens is 2. The van der Waals surface area contributed by atoms with E-state index in [4.69, 9.17) is 4.74 Å². The molecule has 2 heterocycles. The Balaban J connectivity index is 0.00000261. The van der Waals surface area contributed by atoms with Crippen molar-refractivity contribution in [2.75, 3.05) is 59.2 Å². The summed E-state index contributed by atoms with van der Waals surface area (Å²) in [7, 11) is 1.81. The summed E-state index contributed by atoms with van der Waals surface area (Å²) in [5.74, 6) is 1.39. The maximum atomic E-state index is 13.6. The van der Waals surface area contributed by atoms with Crippen LogP contribution in [0.3, 0.4) is 0 Å². The average Bonchev–Trinajstić information content (AvgIpc) is 3.17. The van der Waals surface area contributed by atoms with Crippen LogP contribution in [-0.2, 0) is 11.3 Å². The summed E-state index contributed by atoms with van der Waals surface area (Å²) in [5, 5.41) is 3.40. The van der Waals surface area contributed by atoms with Crippen LogP contribution in [0.5, 0.6) is 0 Å². The second-order valence-electron chi connectivity index (χ2n) is 6.87. The zero-order valence-electron chi connectivity index (χ0n) is 16.1. The van der Waals surface area contributed by atoms with E-state index < -0.39 is 0 Å². The molecule has 152 valence electrons. The lowest BCUT2D eigenvalue weighted by atomic mass is 10.1. The predicted octanol–water partition coefficient (Wildman–Crippen LogP) is 2.90. The molecule has 1 aromatic rings. The molecule has 5 nitrogen and oxygen atoms in total. The van der Waals surface area contributed by atoms with Crippen LogP contribution in [0.1, 0.15) is 12.0 Å². The highest BCUT2D eigenvalue weighted by molar-refractivity contribution is 14.0. The Labute approximate surface area is 183 Å². The van der Waals surface area contributed by atoms with Crippen LogP contribution in [0.2, 0.25) is 0 Å². The van der Waals surface area contributed by atoms with Crippen molar-refractivity contribution in [3.05, 3.63) is 29.6 Å². The first-order valence-corrected chi connectivity index (χ1v) is 10.5. The van der Waals surface area contributed by atoms with E-state index in [1.165, 1.54) is 12.5 Å². The minimum absolute atomic E-state index is 0. The van der Waals surface area contributed by atoms with E-state index in [9.17, 15) is 4.39 Å². The van der Waals surface area contributed by atoms with Crippen LogP contribution in [0.15, 0.2) is 28.1 Å². The van der Waals surface area contributed by atoms with Crippen molar-refractivity contribution in [1.29, 1.82) is 0 Å². The van der Waals surface area contributed by atoms with Gasteiger partial charge in [0.15, 0.2) is 5.96 Å². The SMILES string of the molecule is CN=C(NCc1cc(F)ccc1SC)N1CCN(CC2CCOC2)CC1.I. The molecule has 0 amide bonds. The molecule has 0 bridgehead atoms. The van der Waals surface area contributed by atoms with E-state index in [1.807, 2.05) is 19.4 Å². The summed E-state index contributed by atoms with van der Waals surface area (Å²) in [6, 6.07) is 4.96.